The van der Waals surface area contributed by atoms with Crippen molar-refractivity contribution >= 4 is 11.9 Å². The van der Waals surface area contributed by atoms with Crippen LogP contribution in [0.5, 0.6) is 5.75 Å². The number of para-hydroxylation sites is 1. The SMILES string of the molecule is CCOc1ccccc1C(F)(F)C(=O)N1CCCC1C(=O)O. The Morgan fingerprint density at radius 2 is 2.09 bits per heavy atom. The van der Waals surface area contributed by atoms with E-state index in [0.29, 0.717) is 6.42 Å². The van der Waals surface area contributed by atoms with E-state index in [2.05, 4.69) is 0 Å². The maximum absolute atomic E-state index is 14.6. The lowest BCUT2D eigenvalue weighted by atomic mass is 10.1. The van der Waals surface area contributed by atoms with Gasteiger partial charge in [-0.05, 0) is 31.9 Å². The number of hydrogen-bond donors (Lipinski definition) is 1. The van der Waals surface area contributed by atoms with Crippen LogP contribution in [0.3, 0.4) is 0 Å². The van der Waals surface area contributed by atoms with Crippen LogP contribution in [0.2, 0.25) is 0 Å². The molecule has 1 aliphatic rings. The fraction of sp³-hybridized carbons (Fsp3) is 0.467. The number of nitrogens with zero attached hydrogens (tertiary/aromatic N) is 1. The molecule has 1 heterocycles. The molecule has 0 aromatic heterocycles. The fourth-order valence-corrected chi connectivity index (χ4v) is 2.57. The maximum atomic E-state index is 14.6. The van der Waals surface area contributed by atoms with Gasteiger partial charge in [-0.1, -0.05) is 12.1 Å². The van der Waals surface area contributed by atoms with Crippen LogP contribution in [0.4, 0.5) is 8.78 Å². The van der Waals surface area contributed by atoms with E-state index in [4.69, 9.17) is 9.84 Å². The Morgan fingerprint density at radius 1 is 1.41 bits per heavy atom. The Labute approximate surface area is 126 Å². The minimum atomic E-state index is -3.83. The highest BCUT2D eigenvalue weighted by atomic mass is 19.3. The van der Waals surface area contributed by atoms with Gasteiger partial charge in [0.15, 0.2) is 0 Å². The molecular formula is C15H17F2NO4. The van der Waals surface area contributed by atoms with Crippen molar-refractivity contribution in [2.45, 2.75) is 31.7 Å². The summed E-state index contributed by atoms with van der Waals surface area (Å²) in [5, 5.41) is 9.04. The van der Waals surface area contributed by atoms with E-state index < -0.39 is 29.4 Å². The number of aliphatic carboxylic acids is 1. The standard InChI is InChI=1S/C15H17F2NO4/c1-2-22-12-8-4-3-6-10(12)15(16,17)14(21)18-9-5-7-11(18)13(19)20/h3-4,6,8,11H,2,5,7,9H2,1H3,(H,19,20). The molecular weight excluding hydrogens is 296 g/mol. The third-order valence-electron chi connectivity index (χ3n) is 3.59. The summed E-state index contributed by atoms with van der Waals surface area (Å²) in [5.74, 6) is -6.66. The summed E-state index contributed by atoms with van der Waals surface area (Å²) in [6.07, 6.45) is 0.580. The van der Waals surface area contributed by atoms with Gasteiger partial charge in [-0.15, -0.1) is 0 Å². The Kier molecular flexibility index (Phi) is 4.63. The Bertz CT molecular complexity index is 576. The van der Waals surface area contributed by atoms with Crippen LogP contribution >= 0.6 is 0 Å². The third kappa shape index (κ3) is 2.88. The fourth-order valence-electron chi connectivity index (χ4n) is 2.57. The van der Waals surface area contributed by atoms with Crippen LogP contribution in [0.25, 0.3) is 0 Å². The lowest BCUT2D eigenvalue weighted by Crippen LogP contribution is -2.47. The minimum Gasteiger partial charge on any atom is -0.493 e. The van der Waals surface area contributed by atoms with Crippen molar-refractivity contribution in [3.05, 3.63) is 29.8 Å². The van der Waals surface area contributed by atoms with E-state index in [1.54, 1.807) is 6.92 Å². The summed E-state index contributed by atoms with van der Waals surface area (Å²) < 4.78 is 34.3. The zero-order chi connectivity index (χ0) is 16.3. The van der Waals surface area contributed by atoms with Gasteiger partial charge in [0.05, 0.1) is 12.2 Å². The Morgan fingerprint density at radius 3 is 2.73 bits per heavy atom. The van der Waals surface area contributed by atoms with Gasteiger partial charge in [-0.3, -0.25) is 4.79 Å². The van der Waals surface area contributed by atoms with Gasteiger partial charge >= 0.3 is 11.9 Å². The first kappa shape index (κ1) is 16.2. The van der Waals surface area contributed by atoms with Gasteiger partial charge in [0.1, 0.15) is 11.8 Å². The highest BCUT2D eigenvalue weighted by Crippen LogP contribution is 2.38. The molecule has 0 radical (unpaired) electrons. The molecule has 0 spiro atoms. The molecule has 1 aromatic rings. The Balaban J connectivity index is 2.33. The molecule has 0 saturated carbocycles. The highest BCUT2D eigenvalue weighted by Gasteiger charge is 2.49. The molecule has 0 bridgehead atoms. The Hall–Kier alpha value is -2.18. The molecule has 1 amide bonds. The molecule has 0 aliphatic carbocycles. The van der Waals surface area contributed by atoms with Gasteiger partial charge in [-0.2, -0.15) is 8.78 Å². The topological polar surface area (TPSA) is 66.8 Å². The second kappa shape index (κ2) is 6.29. The van der Waals surface area contributed by atoms with Gasteiger partial charge in [0, 0.05) is 6.54 Å². The number of alkyl halides is 2. The summed E-state index contributed by atoms with van der Waals surface area (Å²) in [6.45, 7) is 1.85. The first-order valence-corrected chi connectivity index (χ1v) is 7.03. The molecule has 1 unspecified atom stereocenters. The largest absolute Gasteiger partial charge is 0.493 e. The number of amides is 1. The molecule has 1 atom stereocenters. The van der Waals surface area contributed by atoms with Gasteiger partial charge in [0.25, 0.3) is 5.91 Å². The van der Waals surface area contributed by atoms with E-state index in [1.807, 2.05) is 0 Å². The van der Waals surface area contributed by atoms with E-state index >= 15 is 0 Å². The van der Waals surface area contributed by atoms with Crippen LogP contribution in [-0.4, -0.2) is 41.1 Å². The van der Waals surface area contributed by atoms with Crippen LogP contribution in [0.15, 0.2) is 24.3 Å². The number of halogens is 2. The monoisotopic (exact) mass is 313 g/mol. The number of carboxylic acid groups (broad SMARTS) is 1. The quantitative estimate of drug-likeness (QED) is 0.905. The first-order chi connectivity index (χ1) is 10.4. The summed E-state index contributed by atoms with van der Waals surface area (Å²) >= 11 is 0. The predicted molar refractivity (Wildman–Crippen MR) is 73.9 cm³/mol. The maximum Gasteiger partial charge on any atom is 0.353 e. The van der Waals surface area contributed by atoms with E-state index in [1.165, 1.54) is 18.2 Å². The molecule has 1 saturated heterocycles. The first-order valence-electron chi connectivity index (χ1n) is 7.03. The zero-order valence-electron chi connectivity index (χ0n) is 12.1. The number of carboxylic acids is 1. The van der Waals surface area contributed by atoms with Gasteiger partial charge in [-0.25, -0.2) is 4.79 Å². The van der Waals surface area contributed by atoms with Crippen LogP contribution in [-0.2, 0) is 15.5 Å². The molecule has 1 aliphatic heterocycles. The molecule has 7 heteroatoms. The normalized spacial score (nSPS) is 18.3. The van der Waals surface area contributed by atoms with E-state index in [9.17, 15) is 18.4 Å². The van der Waals surface area contributed by atoms with E-state index in [-0.39, 0.29) is 25.3 Å². The average Bonchev–Trinajstić information content (AvgIpc) is 2.96. The number of rotatable bonds is 5. The zero-order valence-corrected chi connectivity index (χ0v) is 12.1. The molecule has 1 fully saturated rings. The summed E-state index contributed by atoms with van der Waals surface area (Å²) in [6, 6.07) is 4.20. The van der Waals surface area contributed by atoms with Crippen molar-refractivity contribution in [1.29, 1.82) is 0 Å². The molecule has 1 N–H and O–H groups in total. The second-order valence-corrected chi connectivity index (χ2v) is 5.00. The smallest absolute Gasteiger partial charge is 0.353 e. The average molecular weight is 313 g/mol. The number of carbonyl (C=O) groups is 2. The summed E-state index contributed by atoms with van der Waals surface area (Å²) in [7, 11) is 0. The molecule has 5 nitrogen and oxygen atoms in total. The number of ether oxygens (including phenoxy) is 1. The predicted octanol–water partition coefficient (Wildman–Crippen LogP) is 2.25. The summed E-state index contributed by atoms with van der Waals surface area (Å²) in [5.41, 5.74) is -0.544. The number of carbonyl (C=O) groups excluding carboxylic acids is 1. The molecule has 22 heavy (non-hydrogen) atoms. The lowest BCUT2D eigenvalue weighted by Gasteiger charge is -2.27. The van der Waals surface area contributed by atoms with Crippen molar-refractivity contribution in [3.63, 3.8) is 0 Å². The van der Waals surface area contributed by atoms with Crippen LogP contribution in [0.1, 0.15) is 25.3 Å². The lowest BCUT2D eigenvalue weighted by molar-refractivity contribution is -0.164. The molecule has 2 rings (SSSR count). The van der Waals surface area contributed by atoms with Gasteiger partial charge < -0.3 is 14.7 Å². The van der Waals surface area contributed by atoms with E-state index in [0.717, 1.165) is 11.0 Å². The molecule has 120 valence electrons. The number of hydrogen-bond acceptors (Lipinski definition) is 3. The second-order valence-electron chi connectivity index (χ2n) is 5.00. The van der Waals surface area contributed by atoms with Crippen molar-refractivity contribution in [3.8, 4) is 5.75 Å². The molecule has 1 aromatic carbocycles. The van der Waals surface area contributed by atoms with Crippen LogP contribution < -0.4 is 4.74 Å². The highest BCUT2D eigenvalue weighted by molar-refractivity contribution is 5.90. The van der Waals surface area contributed by atoms with Gasteiger partial charge in [0.2, 0.25) is 0 Å². The van der Waals surface area contributed by atoms with Crippen molar-refractivity contribution in [2.24, 2.45) is 0 Å². The summed E-state index contributed by atoms with van der Waals surface area (Å²) in [4.78, 5) is 24.0. The van der Waals surface area contributed by atoms with Crippen molar-refractivity contribution < 1.29 is 28.2 Å². The number of likely N-dealkylation sites (tertiary alicyclic amines) is 1. The third-order valence-corrected chi connectivity index (χ3v) is 3.59. The van der Waals surface area contributed by atoms with Crippen molar-refractivity contribution in [1.82, 2.24) is 4.90 Å². The van der Waals surface area contributed by atoms with Crippen LogP contribution in [0, 0.1) is 0 Å². The number of benzene rings is 1. The minimum absolute atomic E-state index is 0.0161. The van der Waals surface area contributed by atoms with Crippen molar-refractivity contribution in [2.75, 3.05) is 13.2 Å².